The van der Waals surface area contributed by atoms with Crippen LogP contribution in [-0.4, -0.2) is 60.1 Å². The predicted molar refractivity (Wildman–Crippen MR) is 85.9 cm³/mol. The number of nitrogens with zero attached hydrogens (tertiary/aromatic N) is 2. The van der Waals surface area contributed by atoms with Crippen molar-refractivity contribution in [3.63, 3.8) is 0 Å². The molecule has 0 bridgehead atoms. The molecular formula is C15H23ClN4O. The van der Waals surface area contributed by atoms with E-state index in [-0.39, 0.29) is 12.4 Å². The molecule has 1 aromatic rings. The highest BCUT2D eigenvalue weighted by atomic mass is 35.5. The minimum absolute atomic E-state index is 0.0397. The number of hydrogen-bond acceptors (Lipinski definition) is 4. The van der Waals surface area contributed by atoms with E-state index >= 15 is 0 Å². The molecule has 21 heavy (non-hydrogen) atoms. The highest BCUT2D eigenvalue weighted by molar-refractivity contribution is 6.31. The molecule has 0 amide bonds. The molecule has 1 aromatic carbocycles. The SMILES string of the molecule is N=C(N)c1ccc(CN2CCCN(CCO)CC2)c(Cl)c1. The summed E-state index contributed by atoms with van der Waals surface area (Å²) in [6.07, 6.45) is 1.10. The Kier molecular flexibility index (Phi) is 5.99. The molecule has 6 heteroatoms. The van der Waals surface area contributed by atoms with Crippen molar-refractivity contribution in [2.75, 3.05) is 39.3 Å². The summed E-state index contributed by atoms with van der Waals surface area (Å²) in [6, 6.07) is 5.56. The van der Waals surface area contributed by atoms with Crippen LogP contribution in [0.3, 0.4) is 0 Å². The average Bonchev–Trinajstić information content (AvgIpc) is 2.67. The second-order valence-corrected chi connectivity index (χ2v) is 5.82. The molecule has 1 heterocycles. The van der Waals surface area contributed by atoms with E-state index in [0.29, 0.717) is 10.6 Å². The van der Waals surface area contributed by atoms with Crippen LogP contribution >= 0.6 is 11.6 Å². The van der Waals surface area contributed by atoms with E-state index in [9.17, 15) is 0 Å². The molecule has 0 unspecified atom stereocenters. The number of nitrogens with two attached hydrogens (primary N) is 1. The lowest BCUT2D eigenvalue weighted by Crippen LogP contribution is -2.32. The van der Waals surface area contributed by atoms with Crippen LogP contribution in [0.4, 0.5) is 0 Å². The van der Waals surface area contributed by atoms with Gasteiger partial charge in [-0.25, -0.2) is 0 Å². The third-order valence-electron chi connectivity index (χ3n) is 3.86. The van der Waals surface area contributed by atoms with Crippen LogP contribution in [-0.2, 0) is 6.54 Å². The summed E-state index contributed by atoms with van der Waals surface area (Å²) in [7, 11) is 0. The Bertz CT molecular complexity index is 495. The van der Waals surface area contributed by atoms with Crippen molar-refractivity contribution in [3.8, 4) is 0 Å². The smallest absolute Gasteiger partial charge is 0.122 e. The van der Waals surface area contributed by atoms with Crippen LogP contribution in [0.15, 0.2) is 18.2 Å². The number of amidine groups is 1. The van der Waals surface area contributed by atoms with E-state index in [1.807, 2.05) is 12.1 Å². The van der Waals surface area contributed by atoms with E-state index in [1.165, 1.54) is 0 Å². The quantitative estimate of drug-likeness (QED) is 0.563. The van der Waals surface area contributed by atoms with Crippen LogP contribution in [0.2, 0.25) is 5.02 Å². The number of nitrogen functional groups attached to an aromatic ring is 1. The van der Waals surface area contributed by atoms with Crippen molar-refractivity contribution in [1.82, 2.24) is 9.80 Å². The Labute approximate surface area is 130 Å². The Morgan fingerprint density at radius 3 is 2.62 bits per heavy atom. The number of hydrogen-bond donors (Lipinski definition) is 3. The minimum Gasteiger partial charge on any atom is -0.395 e. The molecule has 5 nitrogen and oxygen atoms in total. The first kappa shape index (κ1) is 16.2. The van der Waals surface area contributed by atoms with Gasteiger partial charge < -0.3 is 10.8 Å². The van der Waals surface area contributed by atoms with Crippen LogP contribution in [0.5, 0.6) is 0 Å². The minimum atomic E-state index is 0.0397. The second kappa shape index (κ2) is 7.75. The fraction of sp³-hybridized carbons (Fsp3) is 0.533. The number of aliphatic hydroxyl groups is 1. The molecule has 1 aliphatic rings. The second-order valence-electron chi connectivity index (χ2n) is 5.41. The number of benzene rings is 1. The molecule has 0 saturated carbocycles. The van der Waals surface area contributed by atoms with Gasteiger partial charge in [0.1, 0.15) is 5.84 Å². The Balaban J connectivity index is 1.97. The number of halogens is 1. The van der Waals surface area contributed by atoms with Gasteiger partial charge in [-0.1, -0.05) is 23.7 Å². The predicted octanol–water partition coefficient (Wildman–Crippen LogP) is 1.12. The third kappa shape index (κ3) is 4.68. The zero-order valence-corrected chi connectivity index (χ0v) is 12.9. The normalized spacial score (nSPS) is 17.6. The van der Waals surface area contributed by atoms with E-state index < -0.39 is 0 Å². The molecule has 2 rings (SSSR count). The van der Waals surface area contributed by atoms with Gasteiger partial charge in [-0.15, -0.1) is 0 Å². The lowest BCUT2D eigenvalue weighted by Gasteiger charge is -2.21. The molecule has 116 valence electrons. The van der Waals surface area contributed by atoms with Gasteiger partial charge in [0.05, 0.1) is 6.61 Å². The molecular weight excluding hydrogens is 288 g/mol. The standard InChI is InChI=1S/C15H23ClN4O/c16-14-10-12(15(17)18)2-3-13(14)11-20-5-1-4-19(6-7-20)8-9-21/h2-3,10,21H,1,4-9,11H2,(H3,17,18). The van der Waals surface area contributed by atoms with E-state index in [4.69, 9.17) is 27.9 Å². The number of β-amino-alcohol motifs (C(OH)–C–C–N with tert-alkyl or cyclic N) is 1. The summed E-state index contributed by atoms with van der Waals surface area (Å²) in [6.45, 7) is 5.81. The monoisotopic (exact) mass is 310 g/mol. The Hall–Kier alpha value is -1.14. The number of aliphatic hydroxyl groups excluding tert-OH is 1. The first-order valence-corrected chi connectivity index (χ1v) is 7.66. The maximum atomic E-state index is 9.02. The lowest BCUT2D eigenvalue weighted by atomic mass is 10.1. The van der Waals surface area contributed by atoms with Gasteiger partial charge in [-0.3, -0.25) is 15.2 Å². The van der Waals surface area contributed by atoms with Crippen molar-refractivity contribution >= 4 is 17.4 Å². The molecule has 0 spiro atoms. The summed E-state index contributed by atoms with van der Waals surface area (Å²) < 4.78 is 0. The van der Waals surface area contributed by atoms with Gasteiger partial charge >= 0.3 is 0 Å². The summed E-state index contributed by atoms with van der Waals surface area (Å²) in [5.74, 6) is 0.0397. The molecule has 0 radical (unpaired) electrons. The van der Waals surface area contributed by atoms with Gasteiger partial charge in [-0.05, 0) is 31.1 Å². The van der Waals surface area contributed by atoms with Crippen LogP contribution in [0, 0.1) is 5.41 Å². The van der Waals surface area contributed by atoms with E-state index in [1.54, 1.807) is 6.07 Å². The molecule has 1 saturated heterocycles. The first-order valence-electron chi connectivity index (χ1n) is 7.28. The van der Waals surface area contributed by atoms with Crippen molar-refractivity contribution < 1.29 is 5.11 Å². The van der Waals surface area contributed by atoms with E-state index in [2.05, 4.69) is 9.80 Å². The molecule has 0 atom stereocenters. The van der Waals surface area contributed by atoms with E-state index in [0.717, 1.165) is 51.3 Å². The number of nitrogens with one attached hydrogen (secondary N) is 1. The summed E-state index contributed by atoms with van der Waals surface area (Å²) in [5, 5.41) is 17.1. The molecule has 4 N–H and O–H groups in total. The summed E-state index contributed by atoms with van der Waals surface area (Å²) >= 11 is 6.29. The average molecular weight is 311 g/mol. The molecule has 0 aliphatic carbocycles. The van der Waals surface area contributed by atoms with Crippen molar-refractivity contribution in [3.05, 3.63) is 34.3 Å². The van der Waals surface area contributed by atoms with Gasteiger partial charge in [0, 0.05) is 36.8 Å². The van der Waals surface area contributed by atoms with Crippen molar-refractivity contribution in [1.29, 1.82) is 5.41 Å². The summed E-state index contributed by atoms with van der Waals surface area (Å²) in [4.78, 5) is 4.67. The fourth-order valence-corrected chi connectivity index (χ4v) is 2.87. The Morgan fingerprint density at radius 1 is 1.24 bits per heavy atom. The van der Waals surface area contributed by atoms with Crippen molar-refractivity contribution in [2.45, 2.75) is 13.0 Å². The number of rotatable bonds is 5. The highest BCUT2D eigenvalue weighted by Gasteiger charge is 2.15. The maximum absolute atomic E-state index is 9.02. The van der Waals surface area contributed by atoms with Crippen LogP contribution in [0.25, 0.3) is 0 Å². The van der Waals surface area contributed by atoms with Gasteiger partial charge in [-0.2, -0.15) is 0 Å². The third-order valence-corrected chi connectivity index (χ3v) is 4.21. The lowest BCUT2D eigenvalue weighted by molar-refractivity contribution is 0.196. The summed E-state index contributed by atoms with van der Waals surface area (Å²) in [5.41, 5.74) is 7.20. The maximum Gasteiger partial charge on any atom is 0.122 e. The molecule has 1 aliphatic heterocycles. The van der Waals surface area contributed by atoms with Crippen molar-refractivity contribution in [2.24, 2.45) is 5.73 Å². The zero-order chi connectivity index (χ0) is 15.2. The van der Waals surface area contributed by atoms with Crippen LogP contribution < -0.4 is 5.73 Å². The zero-order valence-electron chi connectivity index (χ0n) is 12.2. The van der Waals surface area contributed by atoms with Gasteiger partial charge in [0.2, 0.25) is 0 Å². The molecule has 1 fully saturated rings. The van der Waals surface area contributed by atoms with Crippen LogP contribution in [0.1, 0.15) is 17.5 Å². The van der Waals surface area contributed by atoms with Gasteiger partial charge in [0.15, 0.2) is 0 Å². The highest BCUT2D eigenvalue weighted by Crippen LogP contribution is 2.20. The Morgan fingerprint density at radius 2 is 1.95 bits per heavy atom. The van der Waals surface area contributed by atoms with Gasteiger partial charge in [0.25, 0.3) is 0 Å². The largest absolute Gasteiger partial charge is 0.395 e. The fourth-order valence-electron chi connectivity index (χ4n) is 2.63. The topological polar surface area (TPSA) is 76.6 Å². The molecule has 0 aromatic heterocycles. The first-order chi connectivity index (χ1) is 10.1.